The summed E-state index contributed by atoms with van der Waals surface area (Å²) in [5.41, 5.74) is 5.94. The van der Waals surface area contributed by atoms with Crippen molar-refractivity contribution in [3.8, 4) is 11.6 Å². The van der Waals surface area contributed by atoms with Crippen LogP contribution in [0.1, 0.15) is 16.1 Å². The van der Waals surface area contributed by atoms with Gasteiger partial charge < -0.3 is 15.8 Å². The summed E-state index contributed by atoms with van der Waals surface area (Å²) in [5, 5.41) is 9.86. The Hall–Kier alpha value is -2.54. The Morgan fingerprint density at radius 2 is 2.15 bits per heavy atom. The highest BCUT2D eigenvalue weighted by Crippen LogP contribution is 2.21. The van der Waals surface area contributed by atoms with E-state index in [0.717, 1.165) is 0 Å². The maximum absolute atomic E-state index is 13.5. The van der Waals surface area contributed by atoms with E-state index in [2.05, 4.69) is 15.5 Å². The fourth-order valence-electron chi connectivity index (χ4n) is 1.50. The second-order valence-electron chi connectivity index (χ2n) is 3.90. The predicted octanol–water partition coefficient (Wildman–Crippen LogP) is 1.23. The predicted molar refractivity (Wildman–Crippen MR) is 69.8 cm³/mol. The molecule has 0 atom stereocenters. The molecular formula is C13H13FN4O2. The lowest BCUT2D eigenvalue weighted by Gasteiger charge is -2.06. The van der Waals surface area contributed by atoms with Gasteiger partial charge in [-0.3, -0.25) is 4.79 Å². The van der Waals surface area contributed by atoms with E-state index in [0.29, 0.717) is 5.56 Å². The number of benzene rings is 1. The van der Waals surface area contributed by atoms with Crippen molar-refractivity contribution < 1.29 is 13.9 Å². The summed E-state index contributed by atoms with van der Waals surface area (Å²) in [6.07, 6.45) is 0. The van der Waals surface area contributed by atoms with E-state index < -0.39 is 5.82 Å². The Bertz CT molecular complexity index is 616. The van der Waals surface area contributed by atoms with E-state index in [1.165, 1.54) is 31.3 Å². The summed E-state index contributed by atoms with van der Waals surface area (Å²) in [6, 6.07) is 7.28. The molecule has 0 saturated heterocycles. The number of hydrogen-bond acceptors (Lipinski definition) is 5. The van der Waals surface area contributed by atoms with Gasteiger partial charge in [-0.1, -0.05) is 6.07 Å². The fourth-order valence-corrected chi connectivity index (χ4v) is 1.50. The quantitative estimate of drug-likeness (QED) is 0.876. The van der Waals surface area contributed by atoms with Gasteiger partial charge in [0.05, 0.1) is 0 Å². The molecule has 1 amide bonds. The summed E-state index contributed by atoms with van der Waals surface area (Å²) in [4.78, 5) is 11.3. The smallest absolute Gasteiger partial charge is 0.271 e. The average molecular weight is 276 g/mol. The minimum atomic E-state index is -0.444. The molecule has 2 aromatic rings. The van der Waals surface area contributed by atoms with Crippen LogP contribution in [0.2, 0.25) is 0 Å². The van der Waals surface area contributed by atoms with Crippen molar-refractivity contribution in [1.82, 2.24) is 15.5 Å². The van der Waals surface area contributed by atoms with Crippen molar-refractivity contribution >= 4 is 5.91 Å². The number of halogens is 1. The third-order valence-electron chi connectivity index (χ3n) is 2.57. The Kier molecular flexibility index (Phi) is 4.21. The number of carbonyl (C=O) groups is 1. The average Bonchev–Trinajstić information content (AvgIpc) is 2.47. The number of nitrogens with two attached hydrogens (primary N) is 1. The topological polar surface area (TPSA) is 90.1 Å². The van der Waals surface area contributed by atoms with Crippen molar-refractivity contribution in [2.75, 3.05) is 7.05 Å². The zero-order valence-electron chi connectivity index (χ0n) is 10.8. The van der Waals surface area contributed by atoms with Gasteiger partial charge in [-0.15, -0.1) is 10.2 Å². The number of nitrogens with zero attached hydrogens (tertiary/aromatic N) is 2. The third kappa shape index (κ3) is 3.07. The molecule has 1 aromatic carbocycles. The van der Waals surface area contributed by atoms with Gasteiger partial charge >= 0.3 is 0 Å². The van der Waals surface area contributed by atoms with Gasteiger partial charge in [0.2, 0.25) is 5.88 Å². The van der Waals surface area contributed by atoms with Gasteiger partial charge in [-0.25, -0.2) is 4.39 Å². The first-order chi connectivity index (χ1) is 9.63. The Labute approximate surface area is 114 Å². The number of rotatable bonds is 4. The highest BCUT2D eigenvalue weighted by atomic mass is 19.1. The van der Waals surface area contributed by atoms with E-state index in [9.17, 15) is 9.18 Å². The molecule has 0 aliphatic rings. The lowest BCUT2D eigenvalue weighted by Crippen LogP contribution is -2.19. The number of ether oxygens (including phenoxy) is 1. The lowest BCUT2D eigenvalue weighted by atomic mass is 10.2. The maximum Gasteiger partial charge on any atom is 0.271 e. The molecule has 0 radical (unpaired) electrons. The fraction of sp³-hybridized carbons (Fsp3) is 0.154. The van der Waals surface area contributed by atoms with Crippen LogP contribution < -0.4 is 15.8 Å². The molecule has 0 fully saturated rings. The first-order valence-electron chi connectivity index (χ1n) is 5.86. The summed E-state index contributed by atoms with van der Waals surface area (Å²) in [6.45, 7) is 0.118. The van der Waals surface area contributed by atoms with Crippen LogP contribution >= 0.6 is 0 Å². The molecule has 6 nitrogen and oxygen atoms in total. The summed E-state index contributed by atoms with van der Waals surface area (Å²) >= 11 is 0. The highest BCUT2D eigenvalue weighted by molar-refractivity contribution is 5.91. The summed E-state index contributed by atoms with van der Waals surface area (Å²) in [7, 11) is 1.50. The van der Waals surface area contributed by atoms with Crippen molar-refractivity contribution in [3.05, 3.63) is 47.4 Å². The zero-order valence-corrected chi connectivity index (χ0v) is 10.8. The van der Waals surface area contributed by atoms with E-state index in [1.54, 1.807) is 6.07 Å². The molecule has 0 aliphatic heterocycles. The monoisotopic (exact) mass is 276 g/mol. The highest BCUT2D eigenvalue weighted by Gasteiger charge is 2.08. The second-order valence-corrected chi connectivity index (χ2v) is 3.90. The number of nitrogens with one attached hydrogen (secondary N) is 1. The number of carbonyl (C=O) groups excluding carboxylic acids is 1. The summed E-state index contributed by atoms with van der Waals surface area (Å²) < 4.78 is 18.9. The summed E-state index contributed by atoms with van der Waals surface area (Å²) in [5.74, 6) is -0.346. The Morgan fingerprint density at radius 3 is 2.70 bits per heavy atom. The number of amides is 1. The molecule has 1 heterocycles. The van der Waals surface area contributed by atoms with Crippen molar-refractivity contribution in [2.45, 2.75) is 6.54 Å². The minimum Gasteiger partial charge on any atom is -0.437 e. The van der Waals surface area contributed by atoms with Crippen LogP contribution in [0.15, 0.2) is 30.3 Å². The molecule has 20 heavy (non-hydrogen) atoms. The Balaban J connectivity index is 2.14. The number of aromatic nitrogens is 2. The third-order valence-corrected chi connectivity index (χ3v) is 2.57. The van der Waals surface area contributed by atoms with Crippen LogP contribution in [0.25, 0.3) is 0 Å². The van der Waals surface area contributed by atoms with Crippen molar-refractivity contribution in [2.24, 2.45) is 5.73 Å². The molecule has 0 unspecified atom stereocenters. The SMILES string of the molecule is CNC(=O)c1ccc(Oc2ccc(CN)c(F)c2)nn1. The van der Waals surface area contributed by atoms with E-state index >= 15 is 0 Å². The van der Waals surface area contributed by atoms with Crippen LogP contribution in [-0.2, 0) is 6.54 Å². The zero-order chi connectivity index (χ0) is 14.5. The van der Waals surface area contributed by atoms with Gasteiger partial charge in [0.15, 0.2) is 5.69 Å². The molecule has 7 heteroatoms. The second kappa shape index (κ2) is 6.07. The standard InChI is InChI=1S/C13H13FN4O2/c1-16-13(19)11-4-5-12(18-17-11)20-9-3-2-8(7-15)10(14)6-9/h2-6H,7,15H2,1H3,(H,16,19). The van der Waals surface area contributed by atoms with Gasteiger partial charge in [0.1, 0.15) is 11.6 Å². The minimum absolute atomic E-state index is 0.118. The molecule has 2 rings (SSSR count). The maximum atomic E-state index is 13.5. The van der Waals surface area contributed by atoms with Crippen molar-refractivity contribution in [3.63, 3.8) is 0 Å². The van der Waals surface area contributed by atoms with E-state index in [4.69, 9.17) is 10.5 Å². The van der Waals surface area contributed by atoms with Crippen LogP contribution in [0, 0.1) is 5.82 Å². The van der Waals surface area contributed by atoms with Gasteiger partial charge in [-0.05, 0) is 12.1 Å². The Morgan fingerprint density at radius 1 is 1.35 bits per heavy atom. The molecule has 0 bridgehead atoms. The van der Waals surface area contributed by atoms with Crippen LogP contribution in [0.5, 0.6) is 11.6 Å². The normalized spacial score (nSPS) is 10.2. The molecular weight excluding hydrogens is 263 g/mol. The molecule has 0 aliphatic carbocycles. The van der Waals surface area contributed by atoms with Crippen LogP contribution in [-0.4, -0.2) is 23.2 Å². The van der Waals surface area contributed by atoms with Gasteiger partial charge in [0, 0.05) is 31.3 Å². The van der Waals surface area contributed by atoms with E-state index in [-0.39, 0.29) is 29.8 Å². The molecule has 104 valence electrons. The molecule has 0 spiro atoms. The largest absolute Gasteiger partial charge is 0.437 e. The lowest BCUT2D eigenvalue weighted by molar-refractivity contribution is 0.0957. The molecule has 3 N–H and O–H groups in total. The van der Waals surface area contributed by atoms with Crippen LogP contribution in [0.3, 0.4) is 0 Å². The number of hydrogen-bond donors (Lipinski definition) is 2. The van der Waals surface area contributed by atoms with E-state index in [1.807, 2.05) is 0 Å². The molecule has 1 aromatic heterocycles. The first-order valence-corrected chi connectivity index (χ1v) is 5.86. The van der Waals surface area contributed by atoms with Crippen molar-refractivity contribution in [1.29, 1.82) is 0 Å². The molecule has 0 saturated carbocycles. The van der Waals surface area contributed by atoms with Crippen LogP contribution in [0.4, 0.5) is 4.39 Å². The van der Waals surface area contributed by atoms with Gasteiger partial charge in [-0.2, -0.15) is 0 Å². The van der Waals surface area contributed by atoms with Gasteiger partial charge in [0.25, 0.3) is 5.91 Å². The first kappa shape index (κ1) is 13.9.